The highest BCUT2D eigenvalue weighted by molar-refractivity contribution is 6.26. The molecule has 0 saturated carbocycles. The standard InChI is InChI=1S/C57H35N5/c1-3-17-37(18-4-1)61-49-29-13-11-25-44(49)53-46(27-15-31-51(53)61)56-58-55(36-33-34-43-41-23-8-7-21-39(41)40-22-9-10-24-42(40)48(43)35-36)59-57(60-56)47-28-16-32-52-54(47)45-26-12-14-30-50(45)62(52)38-19-5-2-6-20-38/h1-35H. The quantitative estimate of drug-likeness (QED) is 0.163. The molecule has 0 atom stereocenters. The first-order valence-electron chi connectivity index (χ1n) is 21.0. The second kappa shape index (κ2) is 13.6. The van der Waals surface area contributed by atoms with E-state index in [-0.39, 0.29) is 0 Å². The molecule has 0 aliphatic carbocycles. The van der Waals surface area contributed by atoms with Crippen molar-refractivity contribution in [3.8, 4) is 45.5 Å². The van der Waals surface area contributed by atoms with Gasteiger partial charge in [-0.15, -0.1) is 0 Å². The minimum atomic E-state index is 0.622. The fourth-order valence-corrected chi connectivity index (χ4v) is 9.91. The predicted octanol–water partition coefficient (Wildman–Crippen LogP) is 14.5. The summed E-state index contributed by atoms with van der Waals surface area (Å²) in [5.74, 6) is 1.87. The van der Waals surface area contributed by atoms with Gasteiger partial charge in [-0.05, 0) is 86.9 Å². The van der Waals surface area contributed by atoms with Crippen LogP contribution in [0.25, 0.3) is 121 Å². The maximum atomic E-state index is 5.49. The topological polar surface area (TPSA) is 48.5 Å². The Hall–Kier alpha value is -8.41. The van der Waals surface area contributed by atoms with Crippen molar-refractivity contribution < 1.29 is 0 Å². The van der Waals surface area contributed by atoms with Crippen LogP contribution in [-0.2, 0) is 0 Å². The van der Waals surface area contributed by atoms with Crippen molar-refractivity contribution in [2.24, 2.45) is 0 Å². The molecule has 10 aromatic carbocycles. The van der Waals surface area contributed by atoms with Crippen molar-refractivity contribution in [1.82, 2.24) is 24.1 Å². The Morgan fingerprint density at radius 2 is 0.629 bits per heavy atom. The largest absolute Gasteiger partial charge is 0.309 e. The molecule has 0 aliphatic rings. The summed E-state index contributed by atoms with van der Waals surface area (Å²) in [7, 11) is 0. The van der Waals surface area contributed by atoms with Crippen LogP contribution in [0.3, 0.4) is 0 Å². The monoisotopic (exact) mass is 789 g/mol. The lowest BCUT2D eigenvalue weighted by Crippen LogP contribution is -2.01. The van der Waals surface area contributed by atoms with Gasteiger partial charge in [-0.3, -0.25) is 0 Å². The highest BCUT2D eigenvalue weighted by atomic mass is 15.0. The van der Waals surface area contributed by atoms with Gasteiger partial charge in [0.05, 0.1) is 22.1 Å². The third-order valence-electron chi connectivity index (χ3n) is 12.5. The second-order valence-electron chi connectivity index (χ2n) is 15.9. The molecule has 288 valence electrons. The van der Waals surface area contributed by atoms with Gasteiger partial charge in [-0.2, -0.15) is 0 Å². The predicted molar refractivity (Wildman–Crippen MR) is 257 cm³/mol. The van der Waals surface area contributed by atoms with E-state index < -0.39 is 0 Å². The Balaban J connectivity index is 1.12. The number of hydrogen-bond donors (Lipinski definition) is 0. The highest BCUT2D eigenvalue weighted by Gasteiger charge is 2.23. The van der Waals surface area contributed by atoms with E-state index in [1.165, 1.54) is 32.3 Å². The van der Waals surface area contributed by atoms with E-state index in [0.29, 0.717) is 17.5 Å². The number of nitrogens with zero attached hydrogens (tertiary/aromatic N) is 5. The summed E-state index contributed by atoms with van der Waals surface area (Å²) in [5.41, 5.74) is 9.48. The van der Waals surface area contributed by atoms with Crippen molar-refractivity contribution in [2.45, 2.75) is 0 Å². The van der Waals surface area contributed by atoms with Crippen molar-refractivity contribution in [1.29, 1.82) is 0 Å². The molecular weight excluding hydrogens is 755 g/mol. The maximum Gasteiger partial charge on any atom is 0.164 e. The Bertz CT molecular complexity index is 3710. The lowest BCUT2D eigenvalue weighted by atomic mass is 9.93. The molecule has 5 nitrogen and oxygen atoms in total. The highest BCUT2D eigenvalue weighted by Crippen LogP contribution is 2.42. The molecule has 3 aromatic heterocycles. The SMILES string of the molecule is c1ccc(-n2c3ccccc3c3c(-c4nc(-c5ccc6c7ccccc7c7ccccc7c6c5)nc(-c5cccc6c5c5ccccc5n6-c5ccccc5)n4)cccc32)cc1. The summed E-state index contributed by atoms with van der Waals surface area (Å²) >= 11 is 0. The molecule has 0 aliphatic heterocycles. The summed E-state index contributed by atoms with van der Waals surface area (Å²) in [6.45, 7) is 0. The van der Waals surface area contributed by atoms with E-state index in [9.17, 15) is 0 Å². The fraction of sp³-hybridized carbons (Fsp3) is 0. The van der Waals surface area contributed by atoms with E-state index in [1.54, 1.807) is 0 Å². The third-order valence-corrected chi connectivity index (χ3v) is 12.5. The average molecular weight is 790 g/mol. The molecule has 0 N–H and O–H groups in total. The first-order chi connectivity index (χ1) is 30.8. The molecule has 0 bridgehead atoms. The molecule has 3 heterocycles. The zero-order valence-electron chi connectivity index (χ0n) is 33.4. The summed E-state index contributed by atoms with van der Waals surface area (Å²) in [6.07, 6.45) is 0. The molecule has 0 radical (unpaired) electrons. The number of rotatable bonds is 5. The minimum absolute atomic E-state index is 0.622. The van der Waals surface area contributed by atoms with Crippen molar-refractivity contribution in [2.75, 3.05) is 0 Å². The molecule has 0 amide bonds. The zero-order chi connectivity index (χ0) is 40.7. The molecule has 0 saturated heterocycles. The van der Waals surface area contributed by atoms with Gasteiger partial charge >= 0.3 is 0 Å². The molecule has 13 aromatic rings. The van der Waals surface area contributed by atoms with Gasteiger partial charge < -0.3 is 9.13 Å². The summed E-state index contributed by atoms with van der Waals surface area (Å²) in [4.78, 5) is 16.4. The van der Waals surface area contributed by atoms with Crippen LogP contribution in [0.2, 0.25) is 0 Å². The van der Waals surface area contributed by atoms with E-state index in [1.807, 2.05) is 0 Å². The Kier molecular flexibility index (Phi) is 7.54. The van der Waals surface area contributed by atoms with Crippen LogP contribution in [0.4, 0.5) is 0 Å². The van der Waals surface area contributed by atoms with E-state index >= 15 is 0 Å². The Morgan fingerprint density at radius 1 is 0.258 bits per heavy atom. The second-order valence-corrected chi connectivity index (χ2v) is 15.9. The summed E-state index contributed by atoms with van der Waals surface area (Å²) < 4.78 is 4.68. The first-order valence-corrected chi connectivity index (χ1v) is 21.0. The van der Waals surface area contributed by atoms with Crippen molar-refractivity contribution in [3.05, 3.63) is 212 Å². The van der Waals surface area contributed by atoms with Crippen LogP contribution in [0.15, 0.2) is 212 Å². The van der Waals surface area contributed by atoms with Crippen LogP contribution in [-0.4, -0.2) is 24.1 Å². The third kappa shape index (κ3) is 5.12. The number of fused-ring (bicyclic) bond motifs is 12. The van der Waals surface area contributed by atoms with Gasteiger partial charge in [0.1, 0.15) is 0 Å². The van der Waals surface area contributed by atoms with Crippen molar-refractivity contribution in [3.63, 3.8) is 0 Å². The molecule has 62 heavy (non-hydrogen) atoms. The van der Waals surface area contributed by atoms with Gasteiger partial charge in [0.25, 0.3) is 0 Å². The molecule has 0 fully saturated rings. The van der Waals surface area contributed by atoms with Gasteiger partial charge in [-0.25, -0.2) is 15.0 Å². The molecule has 13 rings (SSSR count). The van der Waals surface area contributed by atoms with Crippen molar-refractivity contribution >= 4 is 75.9 Å². The van der Waals surface area contributed by atoms with E-state index in [2.05, 4.69) is 221 Å². The van der Waals surface area contributed by atoms with Gasteiger partial charge in [-0.1, -0.05) is 158 Å². The Morgan fingerprint density at radius 3 is 1.11 bits per heavy atom. The maximum absolute atomic E-state index is 5.49. The molecular formula is C57H35N5. The van der Waals surface area contributed by atoms with Crippen LogP contribution in [0.1, 0.15) is 0 Å². The number of benzene rings is 10. The van der Waals surface area contributed by atoms with E-state index in [4.69, 9.17) is 15.0 Å². The summed E-state index contributed by atoms with van der Waals surface area (Å²) in [5, 5.41) is 11.8. The van der Waals surface area contributed by atoms with E-state index in [0.717, 1.165) is 71.7 Å². The number of hydrogen-bond acceptors (Lipinski definition) is 3. The van der Waals surface area contributed by atoms with Gasteiger partial charge in [0, 0.05) is 49.6 Å². The van der Waals surface area contributed by atoms with Gasteiger partial charge in [0.2, 0.25) is 0 Å². The Labute approximate surface area is 356 Å². The fourth-order valence-electron chi connectivity index (χ4n) is 9.91. The molecule has 0 spiro atoms. The number of aromatic nitrogens is 5. The number of para-hydroxylation sites is 4. The average Bonchev–Trinajstić information content (AvgIpc) is 3.88. The minimum Gasteiger partial charge on any atom is -0.309 e. The van der Waals surface area contributed by atoms with Crippen LogP contribution >= 0.6 is 0 Å². The van der Waals surface area contributed by atoms with Gasteiger partial charge in [0.15, 0.2) is 17.5 Å². The van der Waals surface area contributed by atoms with Crippen LogP contribution in [0, 0.1) is 0 Å². The first kappa shape index (κ1) is 34.5. The normalized spacial score (nSPS) is 11.9. The lowest BCUT2D eigenvalue weighted by Gasteiger charge is -2.13. The zero-order valence-corrected chi connectivity index (χ0v) is 33.4. The summed E-state index contributed by atoms with van der Waals surface area (Å²) in [6, 6.07) is 75.5. The molecule has 5 heteroatoms. The van der Waals surface area contributed by atoms with Crippen LogP contribution < -0.4 is 0 Å². The lowest BCUT2D eigenvalue weighted by molar-refractivity contribution is 1.08. The smallest absolute Gasteiger partial charge is 0.164 e. The molecule has 0 unspecified atom stereocenters. The van der Waals surface area contributed by atoms with Crippen LogP contribution in [0.5, 0.6) is 0 Å².